The Balaban J connectivity index is 4.36. The van der Waals surface area contributed by atoms with E-state index in [-0.39, 0.29) is 31.1 Å². The number of hydrogen-bond acceptors (Lipinski definition) is 6. The highest BCUT2D eigenvalue weighted by atomic mass is 16.6. The first-order valence-electron chi connectivity index (χ1n) is 28.1. The number of ether oxygens (including phenoxy) is 3. The van der Waals surface area contributed by atoms with Crippen LogP contribution in [0.5, 0.6) is 0 Å². The first-order chi connectivity index (χ1) is 32.0. The van der Waals surface area contributed by atoms with E-state index in [1.165, 1.54) is 167 Å². The molecule has 0 bridgehead atoms. The molecule has 0 aliphatic heterocycles. The Bertz CT molecular complexity index is 1140. The van der Waals surface area contributed by atoms with Crippen LogP contribution in [0, 0.1) is 0 Å². The molecule has 0 aliphatic carbocycles. The van der Waals surface area contributed by atoms with Gasteiger partial charge in [-0.25, -0.2) is 0 Å². The summed E-state index contributed by atoms with van der Waals surface area (Å²) in [4.78, 5) is 38.1. The predicted molar refractivity (Wildman–Crippen MR) is 279 cm³/mol. The van der Waals surface area contributed by atoms with Crippen LogP contribution in [0.2, 0.25) is 0 Å². The highest BCUT2D eigenvalue weighted by Gasteiger charge is 2.19. The molecule has 0 aliphatic rings. The number of esters is 3. The summed E-state index contributed by atoms with van der Waals surface area (Å²) in [5.41, 5.74) is 0. The third kappa shape index (κ3) is 52.2. The van der Waals surface area contributed by atoms with Crippen molar-refractivity contribution in [3.8, 4) is 0 Å². The normalized spacial score (nSPS) is 12.4. The highest BCUT2D eigenvalue weighted by Crippen LogP contribution is 2.16. The lowest BCUT2D eigenvalue weighted by molar-refractivity contribution is -0.167. The third-order valence-corrected chi connectivity index (χ3v) is 12.3. The largest absolute Gasteiger partial charge is 0.462 e. The van der Waals surface area contributed by atoms with Gasteiger partial charge in [0.15, 0.2) is 6.10 Å². The van der Waals surface area contributed by atoms with Crippen molar-refractivity contribution >= 4 is 17.9 Å². The Morgan fingerprint density at radius 1 is 0.323 bits per heavy atom. The van der Waals surface area contributed by atoms with Crippen molar-refractivity contribution in [1.29, 1.82) is 0 Å². The predicted octanol–water partition coefficient (Wildman–Crippen LogP) is 18.7. The Hall–Kier alpha value is -2.63. The fourth-order valence-corrected chi connectivity index (χ4v) is 8.10. The molecule has 378 valence electrons. The second-order valence-corrected chi connectivity index (χ2v) is 18.8. The maximum atomic E-state index is 12.8. The molecule has 0 fully saturated rings. The fourth-order valence-electron chi connectivity index (χ4n) is 8.10. The van der Waals surface area contributed by atoms with Crippen molar-refractivity contribution in [2.24, 2.45) is 0 Å². The molecule has 0 heterocycles. The average Bonchev–Trinajstić information content (AvgIpc) is 3.30. The van der Waals surface area contributed by atoms with E-state index >= 15 is 0 Å². The third-order valence-electron chi connectivity index (χ3n) is 12.3. The van der Waals surface area contributed by atoms with E-state index in [1.54, 1.807) is 0 Å². The van der Waals surface area contributed by atoms with Crippen LogP contribution >= 0.6 is 0 Å². The van der Waals surface area contributed by atoms with Crippen LogP contribution in [0.15, 0.2) is 48.6 Å². The molecule has 6 heteroatoms. The summed E-state index contributed by atoms with van der Waals surface area (Å²) in [6.07, 6.45) is 65.4. The molecule has 1 atom stereocenters. The Kier molecular flexibility index (Phi) is 51.8. The van der Waals surface area contributed by atoms with Gasteiger partial charge in [0.25, 0.3) is 0 Å². The minimum Gasteiger partial charge on any atom is -0.462 e. The molecule has 65 heavy (non-hydrogen) atoms. The molecule has 0 N–H and O–H groups in total. The van der Waals surface area contributed by atoms with Crippen LogP contribution in [0.3, 0.4) is 0 Å². The molecule has 0 spiro atoms. The van der Waals surface area contributed by atoms with Gasteiger partial charge in [0.1, 0.15) is 13.2 Å². The number of unbranched alkanes of at least 4 members (excludes halogenated alkanes) is 32. The number of allylic oxidation sites excluding steroid dienone is 8. The van der Waals surface area contributed by atoms with Gasteiger partial charge in [0.05, 0.1) is 0 Å². The zero-order chi connectivity index (χ0) is 47.2. The second kappa shape index (κ2) is 54.0. The van der Waals surface area contributed by atoms with Crippen molar-refractivity contribution in [3.63, 3.8) is 0 Å². The van der Waals surface area contributed by atoms with Crippen LogP contribution in [0.4, 0.5) is 0 Å². The Labute approximate surface area is 403 Å². The molecule has 0 aromatic heterocycles. The van der Waals surface area contributed by atoms with Gasteiger partial charge in [-0.3, -0.25) is 14.4 Å². The lowest BCUT2D eigenvalue weighted by Gasteiger charge is -2.18. The number of rotatable bonds is 51. The first-order valence-corrected chi connectivity index (χ1v) is 28.1. The molecule has 0 saturated heterocycles. The second-order valence-electron chi connectivity index (χ2n) is 18.8. The van der Waals surface area contributed by atoms with Crippen LogP contribution in [0.1, 0.15) is 290 Å². The molecular formula is C59H106O6. The zero-order valence-corrected chi connectivity index (χ0v) is 43.3. The molecule has 0 aromatic carbocycles. The van der Waals surface area contributed by atoms with Crippen molar-refractivity contribution in [2.75, 3.05) is 13.2 Å². The summed E-state index contributed by atoms with van der Waals surface area (Å²) < 4.78 is 16.8. The Morgan fingerprint density at radius 3 is 0.985 bits per heavy atom. The fraction of sp³-hybridized carbons (Fsp3) is 0.814. The summed E-state index contributed by atoms with van der Waals surface area (Å²) in [6.45, 7) is 6.52. The van der Waals surface area contributed by atoms with Gasteiger partial charge in [-0.2, -0.15) is 0 Å². The minimum atomic E-state index is -0.789. The SMILES string of the molecule is CC/C=C\C/C=C\C/C=C\CCCCC(=O)OCC(COC(=O)CCCCCCC/C=C\CCCCCCCCCCC)OC(=O)CCCCCCCCCCCCCCCCCCC. The lowest BCUT2D eigenvalue weighted by Crippen LogP contribution is -2.30. The average molecular weight is 911 g/mol. The number of carbonyl (C=O) groups is 3. The molecule has 1 unspecified atom stereocenters. The van der Waals surface area contributed by atoms with Gasteiger partial charge < -0.3 is 14.2 Å². The quantitative estimate of drug-likeness (QED) is 0.0262. The summed E-state index contributed by atoms with van der Waals surface area (Å²) in [6, 6.07) is 0. The summed E-state index contributed by atoms with van der Waals surface area (Å²) in [5, 5.41) is 0. The monoisotopic (exact) mass is 911 g/mol. The topological polar surface area (TPSA) is 78.9 Å². The smallest absolute Gasteiger partial charge is 0.306 e. The standard InChI is InChI=1S/C59H106O6/c1-4-7-10-13-16-19-22-25-27-29-31-32-34-37-40-43-46-49-52-58(61)64-55-56(54-63-57(60)51-48-45-42-39-36-24-21-18-15-12-9-6-3)65-59(62)53-50-47-44-41-38-35-33-30-28-26-23-20-17-14-11-8-5-2/h9,12,18,21,31-32,36,39,56H,4-8,10-11,13-17,19-20,22-30,33-35,37-38,40-55H2,1-3H3/b12-9-,21-18-,32-31-,39-36-. The van der Waals surface area contributed by atoms with Gasteiger partial charge in [-0.05, 0) is 77.0 Å². The molecule has 6 nitrogen and oxygen atoms in total. The minimum absolute atomic E-state index is 0.0869. The summed E-state index contributed by atoms with van der Waals surface area (Å²) in [7, 11) is 0. The maximum absolute atomic E-state index is 12.8. The van der Waals surface area contributed by atoms with Gasteiger partial charge in [-0.1, -0.05) is 243 Å². The molecule has 0 aromatic rings. The number of hydrogen-bond donors (Lipinski definition) is 0. The van der Waals surface area contributed by atoms with E-state index in [0.29, 0.717) is 19.3 Å². The van der Waals surface area contributed by atoms with Crippen LogP contribution in [-0.2, 0) is 28.6 Å². The van der Waals surface area contributed by atoms with Crippen LogP contribution in [-0.4, -0.2) is 37.2 Å². The van der Waals surface area contributed by atoms with Crippen LogP contribution < -0.4 is 0 Å². The first kappa shape index (κ1) is 62.4. The van der Waals surface area contributed by atoms with Crippen molar-refractivity contribution < 1.29 is 28.6 Å². The van der Waals surface area contributed by atoms with Crippen LogP contribution in [0.25, 0.3) is 0 Å². The van der Waals surface area contributed by atoms with E-state index < -0.39 is 6.10 Å². The van der Waals surface area contributed by atoms with Gasteiger partial charge in [-0.15, -0.1) is 0 Å². The van der Waals surface area contributed by atoms with E-state index in [1.807, 2.05) is 0 Å². The molecular weight excluding hydrogens is 805 g/mol. The zero-order valence-electron chi connectivity index (χ0n) is 43.3. The lowest BCUT2D eigenvalue weighted by atomic mass is 10.0. The Morgan fingerprint density at radius 2 is 0.600 bits per heavy atom. The molecule has 0 amide bonds. The summed E-state index contributed by atoms with van der Waals surface area (Å²) in [5.74, 6) is -0.922. The van der Waals surface area contributed by atoms with E-state index in [4.69, 9.17) is 14.2 Å². The van der Waals surface area contributed by atoms with E-state index in [0.717, 1.165) is 83.5 Å². The summed E-state index contributed by atoms with van der Waals surface area (Å²) >= 11 is 0. The molecule has 0 saturated carbocycles. The van der Waals surface area contributed by atoms with Gasteiger partial charge >= 0.3 is 17.9 Å². The van der Waals surface area contributed by atoms with Gasteiger partial charge in [0.2, 0.25) is 0 Å². The molecule has 0 radical (unpaired) electrons. The van der Waals surface area contributed by atoms with Crippen molar-refractivity contribution in [3.05, 3.63) is 48.6 Å². The number of carbonyl (C=O) groups excluding carboxylic acids is 3. The van der Waals surface area contributed by atoms with Crippen molar-refractivity contribution in [2.45, 2.75) is 297 Å². The van der Waals surface area contributed by atoms with Crippen molar-refractivity contribution in [1.82, 2.24) is 0 Å². The van der Waals surface area contributed by atoms with E-state index in [2.05, 4.69) is 69.4 Å². The molecule has 0 rings (SSSR count). The highest BCUT2D eigenvalue weighted by molar-refractivity contribution is 5.71. The van der Waals surface area contributed by atoms with Gasteiger partial charge in [0, 0.05) is 19.3 Å². The maximum Gasteiger partial charge on any atom is 0.306 e. The van der Waals surface area contributed by atoms with E-state index in [9.17, 15) is 14.4 Å².